The summed E-state index contributed by atoms with van der Waals surface area (Å²) in [5, 5.41) is 6.35. The molecule has 2 aromatic carbocycles. The van der Waals surface area contributed by atoms with E-state index in [1.807, 2.05) is 25.1 Å². The lowest BCUT2D eigenvalue weighted by Gasteiger charge is -2.18. The van der Waals surface area contributed by atoms with Gasteiger partial charge in [0.05, 0.1) is 12.3 Å². The number of amides is 2. The fourth-order valence-electron chi connectivity index (χ4n) is 2.72. The number of nitrogens with one attached hydrogen (secondary N) is 2. The van der Waals surface area contributed by atoms with Crippen LogP contribution in [0.15, 0.2) is 71.3 Å². The Morgan fingerprint density at radius 3 is 2.56 bits per heavy atom. The molecule has 0 aliphatic rings. The first kappa shape index (κ1) is 18.7. The van der Waals surface area contributed by atoms with Crippen LogP contribution in [0.4, 0.5) is 5.69 Å². The Labute approximate surface area is 162 Å². The number of carbonyl (C=O) groups excluding carboxylic acids is 2. The minimum absolute atomic E-state index is 0.155. The molecule has 2 N–H and O–H groups in total. The van der Waals surface area contributed by atoms with Gasteiger partial charge < -0.3 is 15.1 Å². The highest BCUT2D eigenvalue weighted by molar-refractivity contribution is 6.30. The SMILES string of the molecule is CCC(NC(=O)c1cccc(NC(=O)c2ccco2)c1)c1cccc(Cl)c1. The Balaban J connectivity index is 1.72. The molecular formula is C21H19ClN2O3. The highest BCUT2D eigenvalue weighted by Gasteiger charge is 2.15. The van der Waals surface area contributed by atoms with Crippen molar-refractivity contribution in [1.82, 2.24) is 5.32 Å². The quantitative estimate of drug-likeness (QED) is 0.625. The molecule has 3 aromatic rings. The minimum atomic E-state index is -0.372. The van der Waals surface area contributed by atoms with Gasteiger partial charge in [-0.3, -0.25) is 9.59 Å². The van der Waals surface area contributed by atoms with Crippen LogP contribution >= 0.6 is 11.6 Å². The molecular weight excluding hydrogens is 364 g/mol. The molecule has 0 radical (unpaired) electrons. The Hall–Kier alpha value is -3.05. The minimum Gasteiger partial charge on any atom is -0.459 e. The van der Waals surface area contributed by atoms with Gasteiger partial charge in [-0.05, 0) is 54.4 Å². The van der Waals surface area contributed by atoms with Gasteiger partial charge in [0, 0.05) is 16.3 Å². The molecule has 1 heterocycles. The predicted molar refractivity (Wildman–Crippen MR) is 105 cm³/mol. The van der Waals surface area contributed by atoms with E-state index in [0.29, 0.717) is 16.3 Å². The second kappa shape index (κ2) is 8.56. The van der Waals surface area contributed by atoms with Gasteiger partial charge in [-0.15, -0.1) is 0 Å². The highest BCUT2D eigenvalue weighted by atomic mass is 35.5. The number of hydrogen-bond donors (Lipinski definition) is 2. The van der Waals surface area contributed by atoms with Gasteiger partial charge in [-0.2, -0.15) is 0 Å². The zero-order valence-electron chi connectivity index (χ0n) is 14.7. The van der Waals surface area contributed by atoms with Crippen molar-refractivity contribution in [3.05, 3.63) is 88.8 Å². The van der Waals surface area contributed by atoms with Crippen LogP contribution in [0, 0.1) is 0 Å². The summed E-state index contributed by atoms with van der Waals surface area (Å²) in [6.07, 6.45) is 2.15. The normalized spacial score (nSPS) is 11.6. The largest absolute Gasteiger partial charge is 0.459 e. The maximum absolute atomic E-state index is 12.7. The zero-order chi connectivity index (χ0) is 19.2. The van der Waals surface area contributed by atoms with Gasteiger partial charge >= 0.3 is 0 Å². The summed E-state index contributed by atoms with van der Waals surface area (Å²) in [5.41, 5.74) is 1.91. The maximum Gasteiger partial charge on any atom is 0.291 e. The molecule has 2 amide bonds. The molecule has 6 heteroatoms. The summed E-state index contributed by atoms with van der Waals surface area (Å²) in [7, 11) is 0. The third-order valence-electron chi connectivity index (χ3n) is 4.09. The zero-order valence-corrected chi connectivity index (χ0v) is 15.5. The highest BCUT2D eigenvalue weighted by Crippen LogP contribution is 2.21. The van der Waals surface area contributed by atoms with E-state index in [1.54, 1.807) is 42.5 Å². The lowest BCUT2D eigenvalue weighted by Crippen LogP contribution is -2.28. The van der Waals surface area contributed by atoms with Crippen LogP contribution in [0.25, 0.3) is 0 Å². The first-order chi connectivity index (χ1) is 13.1. The lowest BCUT2D eigenvalue weighted by molar-refractivity contribution is 0.0934. The maximum atomic E-state index is 12.7. The van der Waals surface area contributed by atoms with Crippen molar-refractivity contribution in [2.24, 2.45) is 0 Å². The van der Waals surface area contributed by atoms with Crippen LogP contribution < -0.4 is 10.6 Å². The van der Waals surface area contributed by atoms with Crippen molar-refractivity contribution in [1.29, 1.82) is 0 Å². The first-order valence-electron chi connectivity index (χ1n) is 8.58. The van der Waals surface area contributed by atoms with Gasteiger partial charge in [0.2, 0.25) is 0 Å². The Morgan fingerprint density at radius 1 is 1.04 bits per heavy atom. The van der Waals surface area contributed by atoms with E-state index in [-0.39, 0.29) is 23.6 Å². The molecule has 27 heavy (non-hydrogen) atoms. The van der Waals surface area contributed by atoms with E-state index < -0.39 is 0 Å². The Bertz CT molecular complexity index is 938. The Kier molecular flexibility index (Phi) is 5.94. The molecule has 0 spiro atoms. The van der Waals surface area contributed by atoms with E-state index in [2.05, 4.69) is 10.6 Å². The monoisotopic (exact) mass is 382 g/mol. The summed E-state index contributed by atoms with van der Waals surface area (Å²) >= 11 is 6.05. The summed E-state index contributed by atoms with van der Waals surface area (Å²) in [6.45, 7) is 1.99. The smallest absolute Gasteiger partial charge is 0.291 e. The topological polar surface area (TPSA) is 71.3 Å². The van der Waals surface area contributed by atoms with Crippen LogP contribution in [-0.4, -0.2) is 11.8 Å². The third kappa shape index (κ3) is 4.77. The van der Waals surface area contributed by atoms with Crippen molar-refractivity contribution >= 4 is 29.1 Å². The molecule has 0 saturated carbocycles. The van der Waals surface area contributed by atoms with Gasteiger partial charge in [0.25, 0.3) is 11.8 Å². The van der Waals surface area contributed by atoms with Crippen LogP contribution in [0.3, 0.4) is 0 Å². The number of halogens is 1. The molecule has 0 aliphatic carbocycles. The number of hydrogen-bond acceptors (Lipinski definition) is 3. The first-order valence-corrected chi connectivity index (χ1v) is 8.96. The number of furan rings is 1. The van der Waals surface area contributed by atoms with Gasteiger partial charge in [0.15, 0.2) is 5.76 Å². The number of benzene rings is 2. The molecule has 0 saturated heterocycles. The van der Waals surface area contributed by atoms with Crippen LogP contribution in [-0.2, 0) is 0 Å². The molecule has 5 nitrogen and oxygen atoms in total. The summed E-state index contributed by atoms with van der Waals surface area (Å²) < 4.78 is 5.07. The third-order valence-corrected chi connectivity index (χ3v) is 4.33. The lowest BCUT2D eigenvalue weighted by atomic mass is 10.0. The van der Waals surface area contributed by atoms with Gasteiger partial charge in [-0.1, -0.05) is 36.7 Å². The average molecular weight is 383 g/mol. The van der Waals surface area contributed by atoms with Crippen molar-refractivity contribution in [2.45, 2.75) is 19.4 Å². The predicted octanol–water partition coefficient (Wildman–Crippen LogP) is 5.07. The molecule has 1 atom stereocenters. The van der Waals surface area contributed by atoms with E-state index >= 15 is 0 Å². The summed E-state index contributed by atoms with van der Waals surface area (Å²) in [5.74, 6) is -0.393. The van der Waals surface area contributed by atoms with Crippen molar-refractivity contribution < 1.29 is 14.0 Å². The number of rotatable bonds is 6. The average Bonchev–Trinajstić information content (AvgIpc) is 3.21. The van der Waals surface area contributed by atoms with E-state index in [1.165, 1.54) is 6.26 Å². The molecule has 0 aliphatic heterocycles. The fourth-order valence-corrected chi connectivity index (χ4v) is 2.92. The van der Waals surface area contributed by atoms with E-state index in [9.17, 15) is 9.59 Å². The fraction of sp³-hybridized carbons (Fsp3) is 0.143. The standard InChI is InChI=1S/C21H19ClN2O3/c1-2-18(14-6-3-8-16(22)12-14)24-20(25)15-7-4-9-17(13-15)23-21(26)19-10-5-11-27-19/h3-13,18H,2H2,1H3,(H,23,26)(H,24,25). The molecule has 138 valence electrons. The van der Waals surface area contributed by atoms with Crippen molar-refractivity contribution in [3.8, 4) is 0 Å². The van der Waals surface area contributed by atoms with Crippen LogP contribution in [0.5, 0.6) is 0 Å². The molecule has 1 unspecified atom stereocenters. The Morgan fingerprint density at radius 2 is 1.85 bits per heavy atom. The number of anilines is 1. The van der Waals surface area contributed by atoms with E-state index in [0.717, 1.165) is 12.0 Å². The van der Waals surface area contributed by atoms with Gasteiger partial charge in [0.1, 0.15) is 0 Å². The van der Waals surface area contributed by atoms with Crippen molar-refractivity contribution in [3.63, 3.8) is 0 Å². The van der Waals surface area contributed by atoms with E-state index in [4.69, 9.17) is 16.0 Å². The molecule has 0 bridgehead atoms. The number of carbonyl (C=O) groups is 2. The van der Waals surface area contributed by atoms with Crippen LogP contribution in [0.2, 0.25) is 5.02 Å². The van der Waals surface area contributed by atoms with Crippen molar-refractivity contribution in [2.75, 3.05) is 5.32 Å². The molecule has 1 aromatic heterocycles. The second-order valence-corrected chi connectivity index (χ2v) is 6.44. The summed E-state index contributed by atoms with van der Waals surface area (Å²) in [6, 6.07) is 17.2. The summed E-state index contributed by atoms with van der Waals surface area (Å²) in [4.78, 5) is 24.7. The molecule has 3 rings (SSSR count). The van der Waals surface area contributed by atoms with Gasteiger partial charge in [-0.25, -0.2) is 0 Å². The molecule has 0 fully saturated rings. The second-order valence-electron chi connectivity index (χ2n) is 6.00. The van der Waals surface area contributed by atoms with Crippen LogP contribution in [0.1, 0.15) is 45.9 Å².